The number of hydrogen-bond acceptors (Lipinski definition) is 3. The van der Waals surface area contributed by atoms with Crippen LogP contribution in [0.5, 0.6) is 0 Å². The van der Waals surface area contributed by atoms with Gasteiger partial charge in [0.2, 0.25) is 0 Å². The molecule has 1 N–H and O–H groups in total. The molecule has 0 aromatic heterocycles. The number of aliphatic hydroxyl groups is 1. The van der Waals surface area contributed by atoms with Crippen LogP contribution in [0.25, 0.3) is 0 Å². The van der Waals surface area contributed by atoms with Gasteiger partial charge < -0.3 is 9.84 Å². The van der Waals surface area contributed by atoms with Crippen molar-refractivity contribution in [3.05, 3.63) is 23.8 Å². The highest BCUT2D eigenvalue weighted by atomic mass is 16.5. The molecule has 1 aliphatic carbocycles. The first-order valence-electron chi connectivity index (χ1n) is 6.88. The number of carbonyl (C=O) groups is 1. The molecule has 0 saturated carbocycles. The van der Waals surface area contributed by atoms with Gasteiger partial charge in [-0.05, 0) is 45.1 Å². The van der Waals surface area contributed by atoms with Gasteiger partial charge >= 0.3 is 0 Å². The van der Waals surface area contributed by atoms with Gasteiger partial charge in [-0.1, -0.05) is 24.6 Å². The van der Waals surface area contributed by atoms with Crippen molar-refractivity contribution in [3.8, 4) is 0 Å². The van der Waals surface area contributed by atoms with E-state index in [-0.39, 0.29) is 23.7 Å². The van der Waals surface area contributed by atoms with Crippen molar-refractivity contribution in [1.29, 1.82) is 0 Å². The quantitative estimate of drug-likeness (QED) is 0.615. The summed E-state index contributed by atoms with van der Waals surface area (Å²) in [4.78, 5) is 11.8. The maximum absolute atomic E-state index is 11.8. The normalized spacial score (nSPS) is 31.9. The van der Waals surface area contributed by atoms with Crippen LogP contribution < -0.4 is 0 Å². The summed E-state index contributed by atoms with van der Waals surface area (Å²) in [7, 11) is 1.62. The topological polar surface area (TPSA) is 46.5 Å². The molecule has 3 nitrogen and oxygen atoms in total. The number of allylic oxidation sites excluding steroid dienone is 3. The Balaban J connectivity index is 2.67. The Labute approximate surface area is 116 Å². The highest BCUT2D eigenvalue weighted by Crippen LogP contribution is 2.33. The predicted octanol–water partition coefficient (Wildman–Crippen LogP) is 2.89. The predicted molar refractivity (Wildman–Crippen MR) is 76.9 cm³/mol. The number of rotatable bonds is 5. The van der Waals surface area contributed by atoms with Gasteiger partial charge in [0.15, 0.2) is 5.78 Å². The molecular formula is C16H26O3. The summed E-state index contributed by atoms with van der Waals surface area (Å²) in [6.45, 7) is 7.70. The second-order valence-electron chi connectivity index (χ2n) is 6.08. The lowest BCUT2D eigenvalue weighted by Crippen LogP contribution is -2.43. The second-order valence-corrected chi connectivity index (χ2v) is 6.08. The van der Waals surface area contributed by atoms with E-state index in [1.165, 1.54) is 0 Å². The van der Waals surface area contributed by atoms with E-state index in [2.05, 4.69) is 6.92 Å². The van der Waals surface area contributed by atoms with Crippen LogP contribution in [0, 0.1) is 11.8 Å². The Morgan fingerprint density at radius 1 is 1.58 bits per heavy atom. The summed E-state index contributed by atoms with van der Waals surface area (Å²) in [5.74, 6) is 0.708. The average molecular weight is 266 g/mol. The zero-order valence-electron chi connectivity index (χ0n) is 12.6. The number of ketones is 1. The summed E-state index contributed by atoms with van der Waals surface area (Å²) in [6, 6.07) is 0. The third kappa shape index (κ3) is 4.59. The van der Waals surface area contributed by atoms with Crippen LogP contribution in [0.1, 0.15) is 40.5 Å². The fourth-order valence-electron chi connectivity index (χ4n) is 2.60. The Morgan fingerprint density at radius 2 is 2.21 bits per heavy atom. The van der Waals surface area contributed by atoms with Gasteiger partial charge in [0.25, 0.3) is 0 Å². The SMILES string of the molecule is COC1CC(C(C)CC(=O)C=C(C)C)C=CC1(C)O. The highest BCUT2D eigenvalue weighted by molar-refractivity contribution is 5.90. The fraction of sp³-hybridized carbons (Fsp3) is 0.688. The van der Waals surface area contributed by atoms with Crippen molar-refractivity contribution >= 4 is 5.78 Å². The standard InChI is InChI=1S/C16H26O3/c1-11(2)8-14(17)9-12(3)13-6-7-16(4,18)15(10-13)19-5/h6-8,12-13,15,18H,9-10H2,1-5H3. The number of hydrogen-bond donors (Lipinski definition) is 1. The van der Waals surface area contributed by atoms with Crippen LogP contribution in [0.3, 0.4) is 0 Å². The molecule has 0 bridgehead atoms. The van der Waals surface area contributed by atoms with E-state index in [1.54, 1.807) is 26.2 Å². The second kappa shape index (κ2) is 6.49. The lowest BCUT2D eigenvalue weighted by molar-refractivity contribution is -0.116. The Hall–Kier alpha value is -0.930. The summed E-state index contributed by atoms with van der Waals surface area (Å²) < 4.78 is 5.36. The van der Waals surface area contributed by atoms with Crippen LogP contribution in [0.4, 0.5) is 0 Å². The summed E-state index contributed by atoms with van der Waals surface area (Å²) in [5.41, 5.74) is 0.128. The van der Waals surface area contributed by atoms with Gasteiger partial charge in [-0.2, -0.15) is 0 Å². The van der Waals surface area contributed by atoms with Gasteiger partial charge in [-0.15, -0.1) is 0 Å². The van der Waals surface area contributed by atoms with Crippen LogP contribution >= 0.6 is 0 Å². The van der Waals surface area contributed by atoms with Crippen molar-refractivity contribution in [2.75, 3.05) is 7.11 Å². The molecule has 0 aliphatic heterocycles. The number of methoxy groups -OCH3 is 1. The van der Waals surface area contributed by atoms with Crippen LogP contribution in [-0.2, 0) is 9.53 Å². The summed E-state index contributed by atoms with van der Waals surface area (Å²) in [6.07, 6.45) is 6.62. The number of ether oxygens (including phenoxy) is 1. The molecule has 0 spiro atoms. The van der Waals surface area contributed by atoms with E-state index in [9.17, 15) is 9.90 Å². The lowest BCUT2D eigenvalue weighted by atomic mass is 9.77. The first kappa shape index (κ1) is 16.1. The first-order chi connectivity index (χ1) is 8.76. The maximum atomic E-state index is 11.8. The smallest absolute Gasteiger partial charge is 0.155 e. The minimum atomic E-state index is -0.908. The third-order valence-corrected chi connectivity index (χ3v) is 3.81. The third-order valence-electron chi connectivity index (χ3n) is 3.81. The Bertz CT molecular complexity index is 375. The summed E-state index contributed by atoms with van der Waals surface area (Å²) in [5, 5.41) is 10.1. The van der Waals surface area contributed by atoms with E-state index >= 15 is 0 Å². The van der Waals surface area contributed by atoms with Crippen LogP contribution in [-0.4, -0.2) is 29.7 Å². The van der Waals surface area contributed by atoms with Crippen molar-refractivity contribution < 1.29 is 14.6 Å². The average Bonchev–Trinajstić information content (AvgIpc) is 2.27. The fourth-order valence-corrected chi connectivity index (χ4v) is 2.60. The van der Waals surface area contributed by atoms with Crippen molar-refractivity contribution in [1.82, 2.24) is 0 Å². The largest absolute Gasteiger partial charge is 0.383 e. The summed E-state index contributed by atoms with van der Waals surface area (Å²) >= 11 is 0. The molecule has 4 unspecified atom stereocenters. The highest BCUT2D eigenvalue weighted by Gasteiger charge is 2.36. The molecule has 0 aromatic carbocycles. The first-order valence-corrected chi connectivity index (χ1v) is 6.88. The van der Waals surface area contributed by atoms with Crippen LogP contribution in [0.2, 0.25) is 0 Å². The number of carbonyl (C=O) groups excluding carboxylic acids is 1. The zero-order chi connectivity index (χ0) is 14.6. The van der Waals surface area contributed by atoms with Crippen molar-refractivity contribution in [2.45, 2.75) is 52.2 Å². The van der Waals surface area contributed by atoms with Crippen molar-refractivity contribution in [2.24, 2.45) is 11.8 Å². The van der Waals surface area contributed by atoms with E-state index in [1.807, 2.05) is 19.9 Å². The molecule has 3 heteroatoms. The lowest BCUT2D eigenvalue weighted by Gasteiger charge is -2.37. The minimum absolute atomic E-state index is 0.173. The monoisotopic (exact) mass is 266 g/mol. The van der Waals surface area contributed by atoms with E-state index < -0.39 is 5.60 Å². The Morgan fingerprint density at radius 3 is 2.74 bits per heavy atom. The molecule has 1 rings (SSSR count). The molecule has 0 saturated heterocycles. The molecule has 0 heterocycles. The van der Waals surface area contributed by atoms with Crippen molar-refractivity contribution in [3.63, 3.8) is 0 Å². The van der Waals surface area contributed by atoms with Gasteiger partial charge in [-0.3, -0.25) is 4.79 Å². The van der Waals surface area contributed by atoms with Gasteiger partial charge in [0, 0.05) is 13.5 Å². The Kier molecular flexibility index (Phi) is 5.50. The van der Waals surface area contributed by atoms with E-state index in [4.69, 9.17) is 4.74 Å². The molecular weight excluding hydrogens is 240 g/mol. The molecule has 0 aromatic rings. The molecule has 4 atom stereocenters. The maximum Gasteiger partial charge on any atom is 0.155 e. The zero-order valence-corrected chi connectivity index (χ0v) is 12.6. The minimum Gasteiger partial charge on any atom is -0.383 e. The molecule has 1 aliphatic rings. The van der Waals surface area contributed by atoms with Gasteiger partial charge in [0.1, 0.15) is 5.60 Å². The molecule has 108 valence electrons. The van der Waals surface area contributed by atoms with Gasteiger partial charge in [-0.25, -0.2) is 0 Å². The van der Waals surface area contributed by atoms with Crippen LogP contribution in [0.15, 0.2) is 23.8 Å². The van der Waals surface area contributed by atoms with E-state index in [0.29, 0.717) is 6.42 Å². The molecule has 0 amide bonds. The molecule has 0 radical (unpaired) electrons. The van der Waals surface area contributed by atoms with Gasteiger partial charge in [0.05, 0.1) is 6.10 Å². The molecule has 0 fully saturated rings. The van der Waals surface area contributed by atoms with E-state index in [0.717, 1.165) is 12.0 Å². The molecule has 19 heavy (non-hydrogen) atoms.